The molecule has 0 radical (unpaired) electrons. The molecule has 2 aromatic rings. The third kappa shape index (κ3) is 3.41. The second-order valence-corrected chi connectivity index (χ2v) is 5.82. The van der Waals surface area contributed by atoms with E-state index in [0.29, 0.717) is 43.3 Å². The number of carbonyl (C=O) groups is 2. The molecule has 1 atom stereocenters. The van der Waals surface area contributed by atoms with Crippen molar-refractivity contribution in [1.82, 2.24) is 14.9 Å². The van der Waals surface area contributed by atoms with Gasteiger partial charge in [-0.2, -0.15) is 0 Å². The number of hydrogen-bond acceptors (Lipinski definition) is 5. The van der Waals surface area contributed by atoms with Crippen LogP contribution in [0.4, 0.5) is 0 Å². The first-order valence-electron chi connectivity index (χ1n) is 8.24. The summed E-state index contributed by atoms with van der Waals surface area (Å²) < 4.78 is 12.4. The predicted octanol–water partition coefficient (Wildman–Crippen LogP) is 2.12. The minimum atomic E-state index is -0.218. The number of rotatable bonds is 6. The zero-order valence-corrected chi connectivity index (χ0v) is 14.3. The second-order valence-electron chi connectivity index (χ2n) is 5.82. The van der Waals surface area contributed by atoms with Gasteiger partial charge in [0.2, 0.25) is 5.88 Å². The van der Waals surface area contributed by atoms with Gasteiger partial charge in [0.1, 0.15) is 0 Å². The Balaban J connectivity index is 1.82. The molecule has 0 aliphatic carbocycles. The maximum Gasteiger partial charge on any atom is 0.253 e. The van der Waals surface area contributed by atoms with Gasteiger partial charge in [-0.3, -0.25) is 9.59 Å². The summed E-state index contributed by atoms with van der Waals surface area (Å²) in [4.78, 5) is 28.2. The van der Waals surface area contributed by atoms with Crippen LogP contribution in [-0.4, -0.2) is 35.5 Å². The Morgan fingerprint density at radius 2 is 2.36 bits per heavy atom. The lowest BCUT2D eigenvalue weighted by Crippen LogP contribution is -2.29. The Kier molecular flexibility index (Phi) is 5.14. The molecule has 0 spiro atoms. The maximum atomic E-state index is 12.8. The molecule has 0 saturated carbocycles. The molecule has 0 fully saturated rings. The average molecular weight is 343 g/mol. The first-order valence-corrected chi connectivity index (χ1v) is 8.24. The van der Waals surface area contributed by atoms with E-state index in [0.717, 1.165) is 17.5 Å². The first kappa shape index (κ1) is 17.2. The largest absolute Gasteiger partial charge is 0.481 e. The van der Waals surface area contributed by atoms with E-state index in [4.69, 9.17) is 9.47 Å². The molecule has 2 aromatic heterocycles. The minimum Gasteiger partial charge on any atom is -0.481 e. The van der Waals surface area contributed by atoms with Gasteiger partial charge >= 0.3 is 0 Å². The molecule has 3 rings (SSSR count). The number of nitrogens with one attached hydrogen (secondary N) is 1. The summed E-state index contributed by atoms with van der Waals surface area (Å²) in [6.45, 7) is 3.44. The lowest BCUT2D eigenvalue weighted by Gasteiger charge is -2.20. The highest BCUT2D eigenvalue weighted by molar-refractivity contribution is 5.97. The molecule has 3 heterocycles. The van der Waals surface area contributed by atoms with E-state index in [-0.39, 0.29) is 11.9 Å². The normalized spacial score (nSPS) is 14.5. The van der Waals surface area contributed by atoms with Crippen molar-refractivity contribution in [2.75, 3.05) is 13.7 Å². The van der Waals surface area contributed by atoms with Crippen molar-refractivity contribution in [3.8, 4) is 5.88 Å². The molecule has 7 heteroatoms. The van der Waals surface area contributed by atoms with Gasteiger partial charge in [-0.1, -0.05) is 13.0 Å². The molecule has 0 bridgehead atoms. The van der Waals surface area contributed by atoms with Gasteiger partial charge in [0.25, 0.3) is 5.91 Å². The van der Waals surface area contributed by atoms with Gasteiger partial charge in [-0.05, 0) is 18.1 Å². The number of pyridine rings is 1. The molecule has 1 N–H and O–H groups in total. The zero-order chi connectivity index (χ0) is 17.8. The summed E-state index contributed by atoms with van der Waals surface area (Å²) in [5.74, 6) is 0.309. The van der Waals surface area contributed by atoms with E-state index in [9.17, 15) is 9.59 Å². The highest BCUT2D eigenvalue weighted by Gasteiger charge is 2.24. The summed E-state index contributed by atoms with van der Waals surface area (Å²) in [6.07, 6.45) is 3.19. The van der Waals surface area contributed by atoms with E-state index in [1.54, 1.807) is 25.4 Å². The van der Waals surface area contributed by atoms with Crippen LogP contribution < -0.4 is 10.1 Å². The molecule has 1 aliphatic heterocycles. The van der Waals surface area contributed by atoms with Gasteiger partial charge in [0, 0.05) is 18.8 Å². The van der Waals surface area contributed by atoms with Crippen molar-refractivity contribution >= 4 is 12.2 Å². The van der Waals surface area contributed by atoms with E-state index in [1.807, 2.05) is 17.6 Å². The standard InChI is InChI=1S/C18H21N3O4/c1-3-15(12-4-5-17(24-2)19-9-12)20-18(23)14-8-13(10-22)21-6-7-25-11-16(14)21/h4-5,8-10,15H,3,6-7,11H2,1-2H3,(H,20,23)/t15-/m1/s1. The van der Waals surface area contributed by atoms with Crippen LogP contribution in [0.15, 0.2) is 24.4 Å². The number of methoxy groups -OCH3 is 1. The number of hydrogen-bond donors (Lipinski definition) is 1. The van der Waals surface area contributed by atoms with Crippen LogP contribution in [-0.2, 0) is 17.9 Å². The van der Waals surface area contributed by atoms with Crippen molar-refractivity contribution < 1.29 is 19.1 Å². The van der Waals surface area contributed by atoms with Gasteiger partial charge in [0.05, 0.1) is 43.3 Å². The van der Waals surface area contributed by atoms with E-state index in [1.165, 1.54) is 0 Å². The molecule has 25 heavy (non-hydrogen) atoms. The third-order valence-electron chi connectivity index (χ3n) is 4.39. The zero-order valence-electron chi connectivity index (χ0n) is 14.3. The highest BCUT2D eigenvalue weighted by atomic mass is 16.5. The number of amides is 1. The summed E-state index contributed by atoms with van der Waals surface area (Å²) in [5.41, 5.74) is 2.63. The molecule has 132 valence electrons. The number of carbonyl (C=O) groups excluding carboxylic acids is 2. The Morgan fingerprint density at radius 3 is 3.00 bits per heavy atom. The van der Waals surface area contributed by atoms with Crippen LogP contribution in [0.3, 0.4) is 0 Å². The van der Waals surface area contributed by atoms with Crippen molar-refractivity contribution in [1.29, 1.82) is 0 Å². The van der Waals surface area contributed by atoms with Crippen molar-refractivity contribution in [3.63, 3.8) is 0 Å². The van der Waals surface area contributed by atoms with Crippen LogP contribution in [0.2, 0.25) is 0 Å². The predicted molar refractivity (Wildman–Crippen MR) is 90.8 cm³/mol. The van der Waals surface area contributed by atoms with E-state index in [2.05, 4.69) is 10.3 Å². The molecule has 0 unspecified atom stereocenters. The fraction of sp³-hybridized carbons (Fsp3) is 0.389. The number of ether oxygens (including phenoxy) is 2. The molecular weight excluding hydrogens is 322 g/mol. The topological polar surface area (TPSA) is 82.5 Å². The SMILES string of the molecule is CC[C@@H](NC(=O)c1cc(C=O)n2c1COCC2)c1ccc(OC)nc1. The fourth-order valence-corrected chi connectivity index (χ4v) is 3.02. The van der Waals surface area contributed by atoms with Crippen LogP contribution in [0.1, 0.15) is 51.5 Å². The monoisotopic (exact) mass is 343 g/mol. The van der Waals surface area contributed by atoms with Crippen LogP contribution in [0.5, 0.6) is 5.88 Å². The third-order valence-corrected chi connectivity index (χ3v) is 4.39. The summed E-state index contributed by atoms with van der Waals surface area (Å²) >= 11 is 0. The van der Waals surface area contributed by atoms with Crippen LogP contribution >= 0.6 is 0 Å². The lowest BCUT2D eigenvalue weighted by molar-refractivity contribution is 0.0795. The molecule has 0 aromatic carbocycles. The number of nitrogens with zero attached hydrogens (tertiary/aromatic N) is 2. The maximum absolute atomic E-state index is 12.8. The first-order chi connectivity index (χ1) is 12.2. The van der Waals surface area contributed by atoms with Crippen LogP contribution in [0, 0.1) is 0 Å². The van der Waals surface area contributed by atoms with Gasteiger partial charge < -0.3 is 19.4 Å². The lowest BCUT2D eigenvalue weighted by atomic mass is 10.1. The molecule has 7 nitrogen and oxygen atoms in total. The van der Waals surface area contributed by atoms with Crippen molar-refractivity contribution in [2.24, 2.45) is 0 Å². The Bertz CT molecular complexity index is 767. The van der Waals surface area contributed by atoms with Gasteiger partial charge in [-0.15, -0.1) is 0 Å². The Labute approximate surface area is 146 Å². The highest BCUT2D eigenvalue weighted by Crippen LogP contribution is 2.23. The fourth-order valence-electron chi connectivity index (χ4n) is 3.02. The molecule has 1 amide bonds. The average Bonchev–Trinajstić information content (AvgIpc) is 3.05. The Hall–Kier alpha value is -2.67. The van der Waals surface area contributed by atoms with E-state index >= 15 is 0 Å². The second kappa shape index (κ2) is 7.48. The minimum absolute atomic E-state index is 0.175. The number of fused-ring (bicyclic) bond motifs is 1. The van der Waals surface area contributed by atoms with Crippen molar-refractivity contribution in [2.45, 2.75) is 32.5 Å². The Morgan fingerprint density at radius 1 is 1.52 bits per heavy atom. The smallest absolute Gasteiger partial charge is 0.253 e. The van der Waals surface area contributed by atoms with Gasteiger partial charge in [-0.25, -0.2) is 4.98 Å². The summed E-state index contributed by atoms with van der Waals surface area (Å²) in [7, 11) is 1.56. The van der Waals surface area contributed by atoms with Gasteiger partial charge in [0.15, 0.2) is 6.29 Å². The summed E-state index contributed by atoms with van der Waals surface area (Å²) in [6, 6.07) is 5.11. The molecule has 1 aliphatic rings. The van der Waals surface area contributed by atoms with E-state index < -0.39 is 0 Å². The quantitative estimate of drug-likeness (QED) is 0.813. The number of aldehydes is 1. The van der Waals surface area contributed by atoms with Crippen LogP contribution in [0.25, 0.3) is 0 Å². The summed E-state index contributed by atoms with van der Waals surface area (Å²) in [5, 5.41) is 3.02. The molecule has 0 saturated heterocycles. The van der Waals surface area contributed by atoms with Crippen molar-refractivity contribution in [3.05, 3.63) is 46.9 Å². The number of aromatic nitrogens is 2. The molecular formula is C18H21N3O4.